The average molecular weight is 432 g/mol. The van der Waals surface area contributed by atoms with Crippen LogP contribution in [-0.2, 0) is 16.0 Å². The molecule has 0 spiro atoms. The summed E-state index contributed by atoms with van der Waals surface area (Å²) in [7, 11) is 0. The molecule has 9 heteroatoms. The van der Waals surface area contributed by atoms with Gasteiger partial charge in [-0.2, -0.15) is 0 Å². The summed E-state index contributed by atoms with van der Waals surface area (Å²) in [4.78, 5) is 54.0. The van der Waals surface area contributed by atoms with Crippen molar-refractivity contribution in [3.8, 4) is 0 Å². The number of aromatic amines is 1. The van der Waals surface area contributed by atoms with Crippen molar-refractivity contribution < 1.29 is 19.3 Å². The Labute approximate surface area is 182 Å². The molecule has 162 valence electrons. The maximum absolute atomic E-state index is 13.3. The number of hydrogen-bond acceptors (Lipinski definition) is 5. The number of carbonyl (C=O) groups is 3. The molecular formula is C23H20N4O5. The van der Waals surface area contributed by atoms with E-state index in [4.69, 9.17) is 0 Å². The SMILES string of the molecule is O=C(c1ccc([N+](=O)[O-])cc1)c1[nH]c2ccccc2c1C[C@@H]1NC(=O)[C@@H]2CCCN2C1=O. The number of aromatic nitrogens is 1. The first-order chi connectivity index (χ1) is 15.4. The van der Waals surface area contributed by atoms with Crippen molar-refractivity contribution in [3.05, 3.63) is 75.5 Å². The zero-order chi connectivity index (χ0) is 22.4. The Bertz CT molecular complexity index is 1260. The number of fused-ring (bicyclic) bond motifs is 2. The molecule has 32 heavy (non-hydrogen) atoms. The molecule has 0 aliphatic carbocycles. The molecule has 1 aromatic heterocycles. The van der Waals surface area contributed by atoms with Crippen LogP contribution in [0.5, 0.6) is 0 Å². The van der Waals surface area contributed by atoms with Crippen molar-refractivity contribution in [1.29, 1.82) is 0 Å². The fourth-order valence-electron chi connectivity index (χ4n) is 4.66. The van der Waals surface area contributed by atoms with E-state index < -0.39 is 17.0 Å². The van der Waals surface area contributed by atoms with Crippen LogP contribution in [0.25, 0.3) is 10.9 Å². The lowest BCUT2D eigenvalue weighted by atomic mass is 9.96. The van der Waals surface area contributed by atoms with Gasteiger partial charge in [0.05, 0.1) is 10.6 Å². The van der Waals surface area contributed by atoms with Crippen molar-refractivity contribution in [2.45, 2.75) is 31.3 Å². The maximum Gasteiger partial charge on any atom is 0.269 e. The predicted octanol–water partition coefficient (Wildman–Crippen LogP) is 2.34. The molecule has 2 fully saturated rings. The first-order valence-corrected chi connectivity index (χ1v) is 10.4. The van der Waals surface area contributed by atoms with Crippen LogP contribution in [0.15, 0.2) is 48.5 Å². The van der Waals surface area contributed by atoms with Gasteiger partial charge < -0.3 is 15.2 Å². The molecule has 2 aliphatic heterocycles. The smallest absolute Gasteiger partial charge is 0.269 e. The molecule has 5 rings (SSSR count). The zero-order valence-corrected chi connectivity index (χ0v) is 17.0. The fraction of sp³-hybridized carbons (Fsp3) is 0.261. The van der Waals surface area contributed by atoms with Crippen LogP contribution >= 0.6 is 0 Å². The molecule has 3 aromatic rings. The van der Waals surface area contributed by atoms with E-state index in [1.54, 1.807) is 4.90 Å². The number of non-ortho nitro benzene ring substituents is 1. The van der Waals surface area contributed by atoms with Crippen LogP contribution < -0.4 is 5.32 Å². The largest absolute Gasteiger partial charge is 0.352 e. The maximum atomic E-state index is 13.3. The van der Waals surface area contributed by atoms with E-state index in [9.17, 15) is 24.5 Å². The third kappa shape index (κ3) is 3.22. The summed E-state index contributed by atoms with van der Waals surface area (Å²) >= 11 is 0. The molecule has 0 bridgehead atoms. The number of ketones is 1. The molecule has 0 saturated carbocycles. The molecule has 2 atom stereocenters. The van der Waals surface area contributed by atoms with E-state index in [1.807, 2.05) is 24.3 Å². The van der Waals surface area contributed by atoms with Gasteiger partial charge in [0.15, 0.2) is 0 Å². The van der Waals surface area contributed by atoms with Gasteiger partial charge in [-0.1, -0.05) is 18.2 Å². The monoisotopic (exact) mass is 432 g/mol. The molecule has 2 amide bonds. The van der Waals surface area contributed by atoms with E-state index in [0.717, 1.165) is 17.3 Å². The van der Waals surface area contributed by atoms with Crippen LogP contribution in [-0.4, -0.2) is 51.0 Å². The lowest BCUT2D eigenvalue weighted by molar-refractivity contribution is -0.384. The van der Waals surface area contributed by atoms with Gasteiger partial charge in [-0.15, -0.1) is 0 Å². The van der Waals surface area contributed by atoms with E-state index in [0.29, 0.717) is 29.8 Å². The first kappa shape index (κ1) is 19.9. The summed E-state index contributed by atoms with van der Waals surface area (Å²) in [6, 6.07) is 11.6. The average Bonchev–Trinajstić information content (AvgIpc) is 3.43. The van der Waals surface area contributed by atoms with Crippen molar-refractivity contribution in [3.63, 3.8) is 0 Å². The lowest BCUT2D eigenvalue weighted by Crippen LogP contribution is -2.61. The molecule has 2 N–H and O–H groups in total. The second-order valence-electron chi connectivity index (χ2n) is 8.11. The summed E-state index contributed by atoms with van der Waals surface area (Å²) in [5, 5.41) is 14.6. The number of H-pyrrole nitrogens is 1. The minimum Gasteiger partial charge on any atom is -0.352 e. The summed E-state index contributed by atoms with van der Waals surface area (Å²) < 4.78 is 0. The zero-order valence-electron chi connectivity index (χ0n) is 17.0. The molecule has 9 nitrogen and oxygen atoms in total. The number of carbonyl (C=O) groups excluding carboxylic acids is 3. The normalized spacial score (nSPS) is 20.3. The van der Waals surface area contributed by atoms with Crippen LogP contribution in [0.4, 0.5) is 5.69 Å². The van der Waals surface area contributed by atoms with Crippen molar-refractivity contribution >= 4 is 34.2 Å². The minimum absolute atomic E-state index is 0.103. The van der Waals surface area contributed by atoms with Crippen LogP contribution in [0, 0.1) is 10.1 Å². The number of nitro benzene ring substituents is 1. The Hall–Kier alpha value is -4.01. The van der Waals surface area contributed by atoms with Gasteiger partial charge in [-0.05, 0) is 36.6 Å². The summed E-state index contributed by atoms with van der Waals surface area (Å²) in [6.45, 7) is 0.565. The highest BCUT2D eigenvalue weighted by Crippen LogP contribution is 2.29. The Balaban J connectivity index is 1.52. The van der Waals surface area contributed by atoms with Crippen LogP contribution in [0.1, 0.15) is 34.5 Å². The number of amides is 2. The second-order valence-corrected chi connectivity index (χ2v) is 8.11. The molecule has 3 heterocycles. The first-order valence-electron chi connectivity index (χ1n) is 10.4. The Morgan fingerprint density at radius 3 is 2.62 bits per heavy atom. The quantitative estimate of drug-likeness (QED) is 0.364. The van der Waals surface area contributed by atoms with E-state index in [1.165, 1.54) is 24.3 Å². The van der Waals surface area contributed by atoms with Gasteiger partial charge in [0, 0.05) is 41.6 Å². The number of rotatable bonds is 5. The third-order valence-corrected chi connectivity index (χ3v) is 6.24. The number of piperazine rings is 1. The minimum atomic E-state index is -0.750. The Morgan fingerprint density at radius 2 is 1.88 bits per heavy atom. The van der Waals surface area contributed by atoms with E-state index in [-0.39, 0.29) is 29.7 Å². The van der Waals surface area contributed by atoms with Gasteiger partial charge in [0.1, 0.15) is 12.1 Å². The van der Waals surface area contributed by atoms with Crippen molar-refractivity contribution in [2.75, 3.05) is 6.54 Å². The van der Waals surface area contributed by atoms with E-state index >= 15 is 0 Å². The van der Waals surface area contributed by atoms with Crippen molar-refractivity contribution in [2.24, 2.45) is 0 Å². The molecular weight excluding hydrogens is 412 g/mol. The second kappa shape index (κ2) is 7.60. The number of nitrogens with one attached hydrogen (secondary N) is 2. The van der Waals surface area contributed by atoms with Gasteiger partial charge in [0.2, 0.25) is 17.6 Å². The standard InChI is InChI=1S/C23H20N4O5/c28-21(13-7-9-14(10-8-13)27(31)32)20-16(15-4-1-2-5-17(15)24-20)12-18-23(30)26-11-3-6-19(26)22(29)25-18/h1-2,4-5,7-10,18-19,24H,3,6,11-12H2,(H,25,29)/t18-,19-/m0/s1. The fourth-order valence-corrected chi connectivity index (χ4v) is 4.66. The number of hydrogen-bond donors (Lipinski definition) is 2. The summed E-state index contributed by atoms with van der Waals surface area (Å²) in [5.41, 5.74) is 1.88. The van der Waals surface area contributed by atoms with Gasteiger partial charge in [-0.3, -0.25) is 24.5 Å². The Kier molecular flexibility index (Phi) is 4.73. The highest BCUT2D eigenvalue weighted by Gasteiger charge is 2.43. The molecule has 0 unspecified atom stereocenters. The van der Waals surface area contributed by atoms with Crippen molar-refractivity contribution in [1.82, 2.24) is 15.2 Å². The number of para-hydroxylation sites is 1. The molecule has 0 radical (unpaired) electrons. The van der Waals surface area contributed by atoms with Gasteiger partial charge in [-0.25, -0.2) is 0 Å². The van der Waals surface area contributed by atoms with Gasteiger partial charge >= 0.3 is 0 Å². The van der Waals surface area contributed by atoms with Gasteiger partial charge in [0.25, 0.3) is 5.69 Å². The highest BCUT2D eigenvalue weighted by molar-refractivity contribution is 6.12. The molecule has 2 aromatic carbocycles. The topological polar surface area (TPSA) is 125 Å². The highest BCUT2D eigenvalue weighted by atomic mass is 16.6. The molecule has 2 aliphatic rings. The molecule has 2 saturated heterocycles. The number of nitrogens with zero attached hydrogens (tertiary/aromatic N) is 2. The number of nitro groups is 1. The lowest BCUT2D eigenvalue weighted by Gasteiger charge is -2.34. The summed E-state index contributed by atoms with van der Waals surface area (Å²) in [6.07, 6.45) is 1.64. The predicted molar refractivity (Wildman–Crippen MR) is 115 cm³/mol. The third-order valence-electron chi connectivity index (χ3n) is 6.24. The van der Waals surface area contributed by atoms with Crippen LogP contribution in [0.3, 0.4) is 0 Å². The number of benzene rings is 2. The van der Waals surface area contributed by atoms with Crippen LogP contribution in [0.2, 0.25) is 0 Å². The Morgan fingerprint density at radius 1 is 1.12 bits per heavy atom. The van der Waals surface area contributed by atoms with E-state index in [2.05, 4.69) is 10.3 Å². The summed E-state index contributed by atoms with van der Waals surface area (Å²) in [5.74, 6) is -0.624.